The Bertz CT molecular complexity index is 811. The molecule has 7 nitrogen and oxygen atoms in total. The Labute approximate surface area is 163 Å². The van der Waals surface area contributed by atoms with Crippen LogP contribution in [0.25, 0.3) is 11.5 Å². The summed E-state index contributed by atoms with van der Waals surface area (Å²) in [5.74, 6) is 0.835. The molecule has 1 aromatic carbocycles. The highest BCUT2D eigenvalue weighted by molar-refractivity contribution is 5.80. The first-order chi connectivity index (χ1) is 13.6. The summed E-state index contributed by atoms with van der Waals surface area (Å²) in [6, 6.07) is 6.05. The van der Waals surface area contributed by atoms with Crippen LogP contribution in [0.2, 0.25) is 0 Å². The minimum absolute atomic E-state index is 0.0284. The van der Waals surface area contributed by atoms with Crippen LogP contribution in [0.15, 0.2) is 39.9 Å². The Morgan fingerprint density at radius 1 is 1.36 bits per heavy atom. The summed E-state index contributed by atoms with van der Waals surface area (Å²) in [4.78, 5) is 22.6. The molecule has 0 unspecified atom stereocenters. The number of guanidine groups is 1. The molecule has 1 aromatic heterocycles. The first-order valence-electron chi connectivity index (χ1n) is 9.34. The fourth-order valence-corrected chi connectivity index (χ4v) is 3.28. The molecule has 2 heterocycles. The van der Waals surface area contributed by atoms with Gasteiger partial charge in [0.1, 0.15) is 12.1 Å². The van der Waals surface area contributed by atoms with Gasteiger partial charge in [0.15, 0.2) is 5.96 Å². The zero-order chi connectivity index (χ0) is 19.9. The summed E-state index contributed by atoms with van der Waals surface area (Å²) >= 11 is 0. The lowest BCUT2D eigenvalue weighted by molar-refractivity contribution is -0.146. The molecule has 1 fully saturated rings. The number of hydrogen-bond donors (Lipinski definition) is 1. The topological polar surface area (TPSA) is 80.0 Å². The molecule has 2 aromatic rings. The second-order valence-corrected chi connectivity index (χ2v) is 6.66. The van der Waals surface area contributed by atoms with E-state index in [1.807, 2.05) is 0 Å². The number of nitrogens with one attached hydrogen (secondary N) is 1. The molecule has 1 N–H and O–H groups in total. The number of halogens is 1. The molecule has 8 heteroatoms. The lowest BCUT2D eigenvalue weighted by Crippen LogP contribution is -2.47. The van der Waals surface area contributed by atoms with E-state index in [1.165, 1.54) is 19.2 Å². The largest absolute Gasteiger partial charge is 0.469 e. The molecule has 0 aliphatic carbocycles. The van der Waals surface area contributed by atoms with E-state index in [1.54, 1.807) is 25.4 Å². The van der Waals surface area contributed by atoms with Crippen molar-refractivity contribution in [1.82, 2.24) is 15.2 Å². The molecule has 0 bridgehead atoms. The molecule has 1 aliphatic heterocycles. The summed E-state index contributed by atoms with van der Waals surface area (Å²) in [6.45, 7) is 2.18. The third kappa shape index (κ3) is 4.88. The Morgan fingerprint density at radius 3 is 2.71 bits per heavy atom. The summed E-state index contributed by atoms with van der Waals surface area (Å²) in [6.07, 6.45) is 3.81. The highest BCUT2D eigenvalue weighted by atomic mass is 19.1. The standard InChI is InChI=1S/C20H25FN4O3/c1-22-20(25-11-8-15(9-12-25)19(26)27-2)23-10-7-17-13-28-18(24-17)14-3-5-16(21)6-4-14/h3-6,13,15H,7-12H2,1-2H3,(H,22,23). The molecule has 1 saturated heterocycles. The first-order valence-corrected chi connectivity index (χ1v) is 9.34. The molecule has 150 valence electrons. The fourth-order valence-electron chi connectivity index (χ4n) is 3.28. The first kappa shape index (κ1) is 19.9. The van der Waals surface area contributed by atoms with Crippen molar-refractivity contribution in [3.63, 3.8) is 0 Å². The van der Waals surface area contributed by atoms with Crippen molar-refractivity contribution in [3.8, 4) is 11.5 Å². The number of carbonyl (C=O) groups excluding carboxylic acids is 1. The second-order valence-electron chi connectivity index (χ2n) is 6.66. The number of carbonyl (C=O) groups is 1. The van der Waals surface area contributed by atoms with Gasteiger partial charge in [0.05, 0.1) is 18.7 Å². The molecule has 1 aliphatic rings. The van der Waals surface area contributed by atoms with E-state index >= 15 is 0 Å². The van der Waals surface area contributed by atoms with Crippen LogP contribution in [0.5, 0.6) is 0 Å². The monoisotopic (exact) mass is 388 g/mol. The zero-order valence-electron chi connectivity index (χ0n) is 16.2. The lowest BCUT2D eigenvalue weighted by Gasteiger charge is -2.33. The van der Waals surface area contributed by atoms with Crippen LogP contribution in [0, 0.1) is 11.7 Å². The van der Waals surface area contributed by atoms with Gasteiger partial charge in [-0.2, -0.15) is 0 Å². The molecule has 28 heavy (non-hydrogen) atoms. The van der Waals surface area contributed by atoms with E-state index in [2.05, 4.69) is 20.2 Å². The summed E-state index contributed by atoms with van der Waals surface area (Å²) in [5, 5.41) is 3.33. The van der Waals surface area contributed by atoms with Crippen LogP contribution < -0.4 is 5.32 Å². The number of aliphatic imine (C=N–C) groups is 1. The van der Waals surface area contributed by atoms with Gasteiger partial charge in [0.2, 0.25) is 5.89 Å². The van der Waals surface area contributed by atoms with Crippen molar-refractivity contribution in [2.24, 2.45) is 10.9 Å². The van der Waals surface area contributed by atoms with Crippen LogP contribution in [0.3, 0.4) is 0 Å². The number of piperidine rings is 1. The quantitative estimate of drug-likeness (QED) is 0.482. The predicted molar refractivity (Wildman–Crippen MR) is 103 cm³/mol. The van der Waals surface area contributed by atoms with E-state index < -0.39 is 0 Å². The average Bonchev–Trinajstić information content (AvgIpc) is 3.20. The maximum absolute atomic E-state index is 13.0. The van der Waals surface area contributed by atoms with Gasteiger partial charge in [-0.3, -0.25) is 9.79 Å². The summed E-state index contributed by atoms with van der Waals surface area (Å²) in [5.41, 5.74) is 1.55. The number of likely N-dealkylation sites (tertiary alicyclic amines) is 1. The summed E-state index contributed by atoms with van der Waals surface area (Å²) < 4.78 is 23.3. The molecule has 0 saturated carbocycles. The molecule has 0 atom stereocenters. The van der Waals surface area contributed by atoms with Gasteiger partial charge in [0.25, 0.3) is 0 Å². The van der Waals surface area contributed by atoms with Gasteiger partial charge in [-0.25, -0.2) is 9.37 Å². The minimum Gasteiger partial charge on any atom is -0.469 e. The number of esters is 1. The number of aromatic nitrogens is 1. The maximum atomic E-state index is 13.0. The van der Waals surface area contributed by atoms with Crippen molar-refractivity contribution in [2.75, 3.05) is 33.8 Å². The van der Waals surface area contributed by atoms with Crippen LogP contribution in [-0.4, -0.2) is 55.6 Å². The van der Waals surface area contributed by atoms with Gasteiger partial charge >= 0.3 is 5.97 Å². The van der Waals surface area contributed by atoms with E-state index in [4.69, 9.17) is 9.15 Å². The summed E-state index contributed by atoms with van der Waals surface area (Å²) in [7, 11) is 3.18. The number of ether oxygens (including phenoxy) is 1. The normalized spacial score (nSPS) is 15.5. The van der Waals surface area contributed by atoms with Gasteiger partial charge in [-0.05, 0) is 37.1 Å². The molecule has 0 spiro atoms. The van der Waals surface area contributed by atoms with E-state index in [0.717, 1.165) is 43.1 Å². The van der Waals surface area contributed by atoms with Crippen molar-refractivity contribution < 1.29 is 18.3 Å². The van der Waals surface area contributed by atoms with Crippen LogP contribution in [-0.2, 0) is 16.0 Å². The van der Waals surface area contributed by atoms with Crippen LogP contribution >= 0.6 is 0 Å². The fraction of sp³-hybridized carbons (Fsp3) is 0.450. The highest BCUT2D eigenvalue weighted by Gasteiger charge is 2.26. The van der Waals surface area contributed by atoms with E-state index in [9.17, 15) is 9.18 Å². The van der Waals surface area contributed by atoms with Gasteiger partial charge in [-0.1, -0.05) is 0 Å². The van der Waals surface area contributed by atoms with E-state index in [0.29, 0.717) is 18.9 Å². The third-order valence-electron chi connectivity index (χ3n) is 4.85. The predicted octanol–water partition coefficient (Wildman–Crippen LogP) is 2.48. The number of oxazole rings is 1. The Kier molecular flexibility index (Phi) is 6.62. The Balaban J connectivity index is 1.48. The maximum Gasteiger partial charge on any atom is 0.308 e. The van der Waals surface area contributed by atoms with Crippen molar-refractivity contribution >= 4 is 11.9 Å². The third-order valence-corrected chi connectivity index (χ3v) is 4.85. The lowest BCUT2D eigenvalue weighted by atomic mass is 9.97. The van der Waals surface area contributed by atoms with Gasteiger partial charge < -0.3 is 19.4 Å². The van der Waals surface area contributed by atoms with Crippen molar-refractivity contribution in [2.45, 2.75) is 19.3 Å². The van der Waals surface area contributed by atoms with Crippen LogP contribution in [0.4, 0.5) is 4.39 Å². The smallest absolute Gasteiger partial charge is 0.308 e. The van der Waals surface area contributed by atoms with E-state index in [-0.39, 0.29) is 17.7 Å². The molecule has 0 amide bonds. The molecule has 0 radical (unpaired) electrons. The van der Waals surface area contributed by atoms with Crippen LogP contribution in [0.1, 0.15) is 18.5 Å². The SMILES string of the molecule is CN=C(NCCc1coc(-c2ccc(F)cc2)n1)N1CCC(C(=O)OC)CC1. The number of benzene rings is 1. The Hall–Kier alpha value is -2.90. The number of hydrogen-bond acceptors (Lipinski definition) is 5. The highest BCUT2D eigenvalue weighted by Crippen LogP contribution is 2.20. The van der Waals surface area contributed by atoms with Crippen molar-refractivity contribution in [1.29, 1.82) is 0 Å². The molecule has 3 rings (SSSR count). The Morgan fingerprint density at radius 2 is 2.07 bits per heavy atom. The molecular weight excluding hydrogens is 363 g/mol. The van der Waals surface area contributed by atoms with Gasteiger partial charge in [-0.15, -0.1) is 0 Å². The number of methoxy groups -OCH3 is 1. The average molecular weight is 388 g/mol. The second kappa shape index (κ2) is 9.34. The number of rotatable bonds is 5. The van der Waals surface area contributed by atoms with Crippen molar-refractivity contribution in [3.05, 3.63) is 42.0 Å². The van der Waals surface area contributed by atoms with Gasteiger partial charge in [0, 0.05) is 38.7 Å². The molecular formula is C20H25FN4O3. The minimum atomic E-state index is -0.290. The zero-order valence-corrected chi connectivity index (χ0v) is 16.2. The number of nitrogens with zero attached hydrogens (tertiary/aromatic N) is 3.